The van der Waals surface area contributed by atoms with Gasteiger partial charge in [-0.25, -0.2) is 0 Å². The first-order valence-corrected chi connectivity index (χ1v) is 9.63. The van der Waals surface area contributed by atoms with Crippen LogP contribution in [0.5, 0.6) is 0 Å². The van der Waals surface area contributed by atoms with Crippen LogP contribution in [-0.4, -0.2) is 0 Å². The maximum Gasteiger partial charge on any atom is -0.0230 e. The van der Waals surface area contributed by atoms with Crippen molar-refractivity contribution in [3.8, 4) is 0 Å². The van der Waals surface area contributed by atoms with Crippen LogP contribution >= 0.6 is 0 Å². The van der Waals surface area contributed by atoms with E-state index in [1.807, 2.05) is 0 Å². The summed E-state index contributed by atoms with van der Waals surface area (Å²) in [6.07, 6.45) is 25.3. The van der Waals surface area contributed by atoms with E-state index in [1.165, 1.54) is 70.6 Å². The van der Waals surface area contributed by atoms with E-state index in [0.29, 0.717) is 0 Å². The lowest BCUT2D eigenvalue weighted by Crippen LogP contribution is -2.25. The Bertz CT molecular complexity index is 309. The third-order valence-corrected chi connectivity index (χ3v) is 6.03. The number of unbranched alkanes of at least 4 members (excludes halogenated alkanes) is 1. The van der Waals surface area contributed by atoms with Crippen molar-refractivity contribution in [3.63, 3.8) is 0 Å². The fourth-order valence-corrected chi connectivity index (χ4v) is 4.58. The number of allylic oxidation sites excluding steroid dienone is 4. The molecule has 2 rings (SSSR count). The lowest BCUT2D eigenvalue weighted by molar-refractivity contribution is 0.152. The lowest BCUT2D eigenvalue weighted by atomic mass is 9.68. The molecular formula is C21H36. The lowest BCUT2D eigenvalue weighted by Gasteiger charge is -2.37. The predicted octanol–water partition coefficient (Wildman–Crippen LogP) is 6.92. The fraction of sp³-hybridized carbons (Fsp3) is 0.810. The average Bonchev–Trinajstić information content (AvgIpc) is 2.54. The van der Waals surface area contributed by atoms with Crippen LogP contribution < -0.4 is 0 Å². The van der Waals surface area contributed by atoms with E-state index in [4.69, 9.17) is 0 Å². The van der Waals surface area contributed by atoms with E-state index < -0.39 is 0 Å². The Hall–Kier alpha value is -0.520. The summed E-state index contributed by atoms with van der Waals surface area (Å²) < 4.78 is 0. The fourth-order valence-electron chi connectivity index (χ4n) is 4.58. The van der Waals surface area contributed by atoms with Crippen LogP contribution in [-0.2, 0) is 0 Å². The Labute approximate surface area is 133 Å². The summed E-state index contributed by atoms with van der Waals surface area (Å²) in [4.78, 5) is 0. The minimum absolute atomic E-state index is 0.860. The molecule has 2 fully saturated rings. The number of hydrogen-bond acceptors (Lipinski definition) is 0. The zero-order chi connectivity index (χ0) is 14.9. The topological polar surface area (TPSA) is 0 Å². The molecule has 0 aromatic heterocycles. The first-order chi connectivity index (χ1) is 10.3. The maximum absolute atomic E-state index is 2.44. The van der Waals surface area contributed by atoms with Gasteiger partial charge in [0, 0.05) is 0 Å². The smallest absolute Gasteiger partial charge is 0.0230 e. The maximum atomic E-state index is 2.44. The molecule has 21 heavy (non-hydrogen) atoms. The highest BCUT2D eigenvalue weighted by molar-refractivity contribution is 5.04. The summed E-state index contributed by atoms with van der Waals surface area (Å²) in [5.74, 6) is 4.06. The Balaban J connectivity index is 1.67. The molecule has 0 heteroatoms. The molecule has 0 aromatic rings. The summed E-state index contributed by atoms with van der Waals surface area (Å²) in [5.41, 5.74) is 0. The summed E-state index contributed by atoms with van der Waals surface area (Å²) >= 11 is 0. The molecule has 0 aliphatic heterocycles. The third kappa shape index (κ3) is 5.64. The van der Waals surface area contributed by atoms with Crippen LogP contribution in [0, 0.1) is 23.7 Å². The molecule has 0 saturated heterocycles. The van der Waals surface area contributed by atoms with Crippen molar-refractivity contribution < 1.29 is 0 Å². The van der Waals surface area contributed by atoms with Crippen LogP contribution in [0.25, 0.3) is 0 Å². The van der Waals surface area contributed by atoms with Crippen LogP contribution in [0.2, 0.25) is 0 Å². The van der Waals surface area contributed by atoms with Crippen molar-refractivity contribution in [2.24, 2.45) is 23.7 Å². The van der Waals surface area contributed by atoms with Crippen molar-refractivity contribution in [3.05, 3.63) is 24.3 Å². The molecule has 0 spiro atoms. The van der Waals surface area contributed by atoms with Crippen LogP contribution in [0.1, 0.15) is 84.5 Å². The van der Waals surface area contributed by atoms with Crippen molar-refractivity contribution in [2.75, 3.05) is 0 Å². The highest BCUT2D eigenvalue weighted by Gasteiger charge is 2.29. The second kappa shape index (κ2) is 9.49. The van der Waals surface area contributed by atoms with E-state index in [2.05, 4.69) is 38.2 Å². The molecule has 0 N–H and O–H groups in total. The van der Waals surface area contributed by atoms with Crippen molar-refractivity contribution >= 4 is 0 Å². The van der Waals surface area contributed by atoms with Gasteiger partial charge in [-0.05, 0) is 69.1 Å². The van der Waals surface area contributed by atoms with Gasteiger partial charge >= 0.3 is 0 Å². The molecule has 120 valence electrons. The van der Waals surface area contributed by atoms with Crippen molar-refractivity contribution in [1.29, 1.82) is 0 Å². The predicted molar refractivity (Wildman–Crippen MR) is 94.4 cm³/mol. The van der Waals surface area contributed by atoms with E-state index in [9.17, 15) is 0 Å². The molecule has 0 heterocycles. The molecule has 0 unspecified atom stereocenters. The van der Waals surface area contributed by atoms with Gasteiger partial charge < -0.3 is 0 Å². The van der Waals surface area contributed by atoms with Gasteiger partial charge in [-0.1, -0.05) is 63.3 Å². The van der Waals surface area contributed by atoms with Crippen molar-refractivity contribution in [1.82, 2.24) is 0 Å². The second-order valence-corrected chi connectivity index (χ2v) is 7.51. The number of rotatable bonds is 6. The molecule has 0 bridgehead atoms. The Morgan fingerprint density at radius 1 is 0.810 bits per heavy atom. The SMILES string of the molecule is C/C=C/C=C/C1CCC(C2CCC(CCCC)CC2)CC1. The molecular weight excluding hydrogens is 252 g/mol. The van der Waals surface area contributed by atoms with E-state index >= 15 is 0 Å². The van der Waals surface area contributed by atoms with Crippen LogP contribution in [0.3, 0.4) is 0 Å². The molecule has 0 radical (unpaired) electrons. The molecule has 0 nitrogen and oxygen atoms in total. The van der Waals surface area contributed by atoms with Gasteiger partial charge in [0.15, 0.2) is 0 Å². The van der Waals surface area contributed by atoms with E-state index in [0.717, 1.165) is 23.7 Å². The summed E-state index contributed by atoms with van der Waals surface area (Å²) in [7, 11) is 0. The summed E-state index contributed by atoms with van der Waals surface area (Å²) in [5, 5.41) is 0. The summed E-state index contributed by atoms with van der Waals surface area (Å²) in [6, 6.07) is 0. The third-order valence-electron chi connectivity index (χ3n) is 6.03. The van der Waals surface area contributed by atoms with E-state index in [1.54, 1.807) is 0 Å². The van der Waals surface area contributed by atoms with E-state index in [-0.39, 0.29) is 0 Å². The zero-order valence-electron chi connectivity index (χ0n) is 14.4. The molecule has 0 amide bonds. The van der Waals surface area contributed by atoms with Gasteiger partial charge in [0.1, 0.15) is 0 Å². The monoisotopic (exact) mass is 288 g/mol. The molecule has 0 aromatic carbocycles. The zero-order valence-corrected chi connectivity index (χ0v) is 14.4. The molecule has 2 aliphatic rings. The Morgan fingerprint density at radius 2 is 1.43 bits per heavy atom. The Morgan fingerprint density at radius 3 is 2.00 bits per heavy atom. The first-order valence-electron chi connectivity index (χ1n) is 9.63. The summed E-state index contributed by atoms with van der Waals surface area (Å²) in [6.45, 7) is 4.42. The second-order valence-electron chi connectivity index (χ2n) is 7.51. The van der Waals surface area contributed by atoms with Gasteiger partial charge in [0.05, 0.1) is 0 Å². The Kier molecular flexibility index (Phi) is 7.61. The standard InChI is InChI=1S/C21H36/c1-3-5-7-9-19-12-16-21(17-13-19)20-14-10-18(11-15-20)8-6-4-2/h3,5,7,9,18-21H,4,6,8,10-17H2,1-2H3/b5-3+,9-7+. The average molecular weight is 289 g/mol. The van der Waals surface area contributed by atoms with Gasteiger partial charge in [0.2, 0.25) is 0 Å². The van der Waals surface area contributed by atoms with Crippen LogP contribution in [0.15, 0.2) is 24.3 Å². The normalized spacial score (nSPS) is 34.8. The quantitative estimate of drug-likeness (QED) is 0.465. The highest BCUT2D eigenvalue weighted by Crippen LogP contribution is 2.42. The highest BCUT2D eigenvalue weighted by atomic mass is 14.3. The van der Waals surface area contributed by atoms with Crippen molar-refractivity contribution in [2.45, 2.75) is 84.5 Å². The number of hydrogen-bond donors (Lipinski definition) is 0. The minimum Gasteiger partial charge on any atom is -0.0877 e. The van der Waals surface area contributed by atoms with Gasteiger partial charge in [-0.15, -0.1) is 0 Å². The molecule has 0 atom stereocenters. The van der Waals surface area contributed by atoms with Gasteiger partial charge in [-0.3, -0.25) is 0 Å². The van der Waals surface area contributed by atoms with Crippen LogP contribution in [0.4, 0.5) is 0 Å². The minimum atomic E-state index is 0.860. The molecule has 2 saturated carbocycles. The largest absolute Gasteiger partial charge is 0.0877 e. The van der Waals surface area contributed by atoms with Gasteiger partial charge in [-0.2, -0.15) is 0 Å². The van der Waals surface area contributed by atoms with Gasteiger partial charge in [0.25, 0.3) is 0 Å². The molecule has 2 aliphatic carbocycles. The first kappa shape index (κ1) is 16.8.